The van der Waals surface area contributed by atoms with E-state index in [1.807, 2.05) is 4.90 Å². The van der Waals surface area contributed by atoms with Crippen molar-refractivity contribution in [3.8, 4) is 0 Å². The number of fused-ring (bicyclic) bond motifs is 1. The van der Waals surface area contributed by atoms with Crippen LogP contribution in [-0.4, -0.2) is 76.8 Å². The summed E-state index contributed by atoms with van der Waals surface area (Å²) in [4.78, 5) is 55.8. The molecule has 0 spiro atoms. The lowest BCUT2D eigenvalue weighted by Gasteiger charge is -2.34. The number of hydrogen-bond acceptors (Lipinski definition) is 10. The van der Waals surface area contributed by atoms with Crippen LogP contribution in [0.3, 0.4) is 0 Å². The second-order valence-electron chi connectivity index (χ2n) is 7.93. The molecule has 0 aliphatic carbocycles. The number of non-ortho nitro benzene ring substituents is 1. The number of amides is 2. The summed E-state index contributed by atoms with van der Waals surface area (Å²) in [5.41, 5.74) is 0.481. The van der Waals surface area contributed by atoms with Crippen molar-refractivity contribution in [3.63, 3.8) is 0 Å². The summed E-state index contributed by atoms with van der Waals surface area (Å²) in [5.74, 6) is -0.836. The summed E-state index contributed by atoms with van der Waals surface area (Å²) < 4.78 is 5.48. The second-order valence-corrected chi connectivity index (χ2v) is 10.2. The molecule has 14 heteroatoms. The average molecular weight is 552 g/mol. The van der Waals surface area contributed by atoms with Gasteiger partial charge in [0.25, 0.3) is 11.6 Å². The number of aromatic nitrogens is 1. The Kier molecular flexibility index (Phi) is 8.14. The van der Waals surface area contributed by atoms with Gasteiger partial charge in [0.1, 0.15) is 4.88 Å². The summed E-state index contributed by atoms with van der Waals surface area (Å²) in [7, 11) is 0. The first-order valence-electron chi connectivity index (χ1n) is 11.0. The quantitative estimate of drug-likeness (QED) is 0.255. The van der Waals surface area contributed by atoms with Crippen LogP contribution < -0.4 is 5.32 Å². The van der Waals surface area contributed by atoms with Crippen LogP contribution in [0.4, 0.5) is 10.8 Å². The maximum Gasteiger partial charge on any atom is 0.311 e. The number of hydrogen-bond donors (Lipinski definition) is 1. The molecule has 1 aromatic carbocycles. The zero-order valence-electron chi connectivity index (χ0n) is 19.2. The van der Waals surface area contributed by atoms with Crippen LogP contribution in [0.5, 0.6) is 0 Å². The summed E-state index contributed by atoms with van der Waals surface area (Å²) >= 11 is 8.80. The minimum absolute atomic E-state index is 0.0525. The number of nitro groups is 1. The van der Waals surface area contributed by atoms with Crippen molar-refractivity contribution >= 4 is 73.0 Å². The van der Waals surface area contributed by atoms with Crippen molar-refractivity contribution in [1.29, 1.82) is 0 Å². The van der Waals surface area contributed by atoms with E-state index in [1.165, 1.54) is 23.5 Å². The zero-order valence-corrected chi connectivity index (χ0v) is 21.6. The van der Waals surface area contributed by atoms with Crippen LogP contribution in [-0.2, 0) is 20.7 Å². The maximum absolute atomic E-state index is 13.1. The van der Waals surface area contributed by atoms with Gasteiger partial charge in [-0.05, 0) is 13.0 Å². The first-order chi connectivity index (χ1) is 17.2. The van der Waals surface area contributed by atoms with Crippen molar-refractivity contribution in [1.82, 2.24) is 14.8 Å². The Hall–Kier alpha value is -3.13. The van der Waals surface area contributed by atoms with Gasteiger partial charge in [0.05, 0.1) is 35.2 Å². The summed E-state index contributed by atoms with van der Waals surface area (Å²) in [6.07, 6.45) is 0.0525. The van der Waals surface area contributed by atoms with E-state index in [9.17, 15) is 24.5 Å². The Balaban J connectivity index is 1.29. The molecule has 0 atom stereocenters. The topological polar surface area (TPSA) is 135 Å². The molecule has 3 heterocycles. The Morgan fingerprint density at radius 3 is 2.69 bits per heavy atom. The van der Waals surface area contributed by atoms with E-state index in [2.05, 4.69) is 10.3 Å². The van der Waals surface area contributed by atoms with Gasteiger partial charge in [0, 0.05) is 53.8 Å². The highest BCUT2D eigenvalue weighted by Gasteiger charge is 2.27. The van der Waals surface area contributed by atoms with Gasteiger partial charge in [-0.3, -0.25) is 29.4 Å². The fourth-order valence-electron chi connectivity index (χ4n) is 3.73. The van der Waals surface area contributed by atoms with Crippen LogP contribution in [0, 0.1) is 10.1 Å². The van der Waals surface area contributed by atoms with Crippen LogP contribution in [0.15, 0.2) is 23.6 Å². The number of thiophene rings is 1. The summed E-state index contributed by atoms with van der Waals surface area (Å²) in [6.45, 7) is 4.00. The van der Waals surface area contributed by atoms with Gasteiger partial charge in [0.2, 0.25) is 5.91 Å². The van der Waals surface area contributed by atoms with Crippen LogP contribution in [0.1, 0.15) is 22.3 Å². The molecule has 0 bridgehead atoms. The number of halogens is 1. The van der Waals surface area contributed by atoms with Crippen LogP contribution in [0.25, 0.3) is 10.1 Å². The normalized spacial score (nSPS) is 14.1. The third-order valence-electron chi connectivity index (χ3n) is 5.47. The largest absolute Gasteiger partial charge is 0.466 e. The smallest absolute Gasteiger partial charge is 0.311 e. The first-order valence-corrected chi connectivity index (χ1v) is 13.1. The van der Waals surface area contributed by atoms with Gasteiger partial charge < -0.3 is 15.0 Å². The lowest BCUT2D eigenvalue weighted by atomic mass is 10.2. The number of piperazine rings is 1. The van der Waals surface area contributed by atoms with E-state index in [4.69, 9.17) is 16.3 Å². The minimum atomic E-state index is -0.485. The van der Waals surface area contributed by atoms with E-state index in [0.29, 0.717) is 63.6 Å². The summed E-state index contributed by atoms with van der Waals surface area (Å²) in [5, 5.41) is 16.8. The minimum Gasteiger partial charge on any atom is -0.466 e. The monoisotopic (exact) mass is 551 g/mol. The van der Waals surface area contributed by atoms with Crippen LogP contribution >= 0.6 is 34.3 Å². The molecule has 3 aromatic rings. The third-order valence-corrected chi connectivity index (χ3v) is 7.93. The number of anilines is 1. The predicted molar refractivity (Wildman–Crippen MR) is 137 cm³/mol. The predicted octanol–water partition coefficient (Wildman–Crippen LogP) is 3.42. The van der Waals surface area contributed by atoms with Gasteiger partial charge >= 0.3 is 5.97 Å². The molecule has 1 N–H and O–H groups in total. The highest BCUT2D eigenvalue weighted by atomic mass is 35.5. The molecular weight excluding hydrogens is 530 g/mol. The summed E-state index contributed by atoms with van der Waals surface area (Å²) in [6, 6.07) is 4.34. The molecule has 4 rings (SSSR count). The van der Waals surface area contributed by atoms with E-state index in [-0.39, 0.29) is 36.4 Å². The number of thiazole rings is 1. The van der Waals surface area contributed by atoms with E-state index >= 15 is 0 Å². The van der Waals surface area contributed by atoms with E-state index in [0.717, 1.165) is 11.3 Å². The molecule has 1 fully saturated rings. The number of benzene rings is 1. The van der Waals surface area contributed by atoms with Gasteiger partial charge in [-0.15, -0.1) is 22.7 Å². The molecule has 36 heavy (non-hydrogen) atoms. The van der Waals surface area contributed by atoms with E-state index < -0.39 is 4.92 Å². The molecule has 1 saturated heterocycles. The van der Waals surface area contributed by atoms with Crippen molar-refractivity contribution in [2.45, 2.75) is 13.3 Å². The lowest BCUT2D eigenvalue weighted by molar-refractivity contribution is -0.384. The molecule has 1 aliphatic rings. The Morgan fingerprint density at radius 2 is 2.00 bits per heavy atom. The highest BCUT2D eigenvalue weighted by Crippen LogP contribution is 2.38. The maximum atomic E-state index is 13.1. The molecule has 0 radical (unpaired) electrons. The molecule has 11 nitrogen and oxygen atoms in total. The number of nitrogens with one attached hydrogen (secondary N) is 1. The fourth-order valence-corrected chi connectivity index (χ4v) is 5.96. The lowest BCUT2D eigenvalue weighted by Crippen LogP contribution is -2.50. The van der Waals surface area contributed by atoms with Gasteiger partial charge in [0.15, 0.2) is 5.13 Å². The molecule has 1 aliphatic heterocycles. The fraction of sp³-hybridized carbons (Fsp3) is 0.364. The van der Waals surface area contributed by atoms with Crippen molar-refractivity contribution in [3.05, 3.63) is 49.3 Å². The number of carbonyl (C=O) groups excluding carboxylic acids is 3. The van der Waals surface area contributed by atoms with Crippen molar-refractivity contribution < 1.29 is 24.0 Å². The van der Waals surface area contributed by atoms with Gasteiger partial charge in [-0.2, -0.15) is 0 Å². The second kappa shape index (κ2) is 11.3. The van der Waals surface area contributed by atoms with Crippen molar-refractivity contribution in [2.75, 3.05) is 44.6 Å². The van der Waals surface area contributed by atoms with Gasteiger partial charge in [-0.25, -0.2) is 4.98 Å². The molecule has 2 amide bonds. The number of esters is 1. The Labute approximate surface area is 218 Å². The average Bonchev–Trinajstić information content (AvgIpc) is 3.42. The Morgan fingerprint density at radius 1 is 1.25 bits per heavy atom. The number of nitro benzene ring substituents is 1. The Bertz CT molecular complexity index is 1320. The number of nitrogens with zero attached hydrogens (tertiary/aromatic N) is 4. The van der Waals surface area contributed by atoms with Crippen LogP contribution in [0.2, 0.25) is 5.02 Å². The standard InChI is InChI=1S/C22H22ClN5O6S2/c1-2-34-18(30)9-13-12-35-22(24-13)25-17(29)11-26-5-7-27(8-6-26)21(31)20-19(23)15-4-3-14(28(32)33)10-16(15)36-20/h3-4,10,12H,2,5-9,11H2,1H3,(H,24,25,29). The molecule has 0 saturated carbocycles. The molecule has 2 aromatic heterocycles. The SMILES string of the molecule is CCOC(=O)Cc1csc(NC(=O)CN2CCN(C(=O)c3sc4cc([N+](=O)[O-])ccc4c3Cl)CC2)n1. The molecule has 190 valence electrons. The van der Waals surface area contributed by atoms with Crippen molar-refractivity contribution in [2.24, 2.45) is 0 Å². The third kappa shape index (κ3) is 5.98. The number of rotatable bonds is 8. The number of ether oxygens (including phenoxy) is 1. The molecular formula is C22H22ClN5O6S2. The highest BCUT2D eigenvalue weighted by molar-refractivity contribution is 7.21. The first kappa shape index (κ1) is 25.9. The van der Waals surface area contributed by atoms with E-state index in [1.54, 1.807) is 23.3 Å². The molecule has 0 unspecified atom stereocenters. The zero-order chi connectivity index (χ0) is 25.8. The van der Waals surface area contributed by atoms with Gasteiger partial charge in [-0.1, -0.05) is 11.6 Å². The number of carbonyl (C=O) groups is 3.